The standard InChI is InChI=1S/C18H19N7OS/c1-11-7-14(22-25-9-12(2)20-17(11)25)13-8-15(26)24-10-16(27-18(24)21-13)23-5-3-19-4-6-23/h7-10,19H,3-6H2,1-2H3. The SMILES string of the molecule is Cc1cn2nc(-c3cc(=O)n4cc(N5CCNCC5)sc4n3)cc(C)c2n1. The second kappa shape index (κ2) is 6.14. The maximum absolute atomic E-state index is 12.7. The summed E-state index contributed by atoms with van der Waals surface area (Å²) < 4.78 is 3.38. The largest absolute Gasteiger partial charge is 0.360 e. The second-order valence-electron chi connectivity index (χ2n) is 6.80. The smallest absolute Gasteiger partial charge is 0.259 e. The van der Waals surface area contributed by atoms with Crippen molar-refractivity contribution in [3.63, 3.8) is 0 Å². The minimum Gasteiger partial charge on any atom is -0.360 e. The Hall–Kier alpha value is -2.78. The molecule has 0 bridgehead atoms. The summed E-state index contributed by atoms with van der Waals surface area (Å²) in [6, 6.07) is 3.49. The van der Waals surface area contributed by atoms with Gasteiger partial charge in [0.2, 0.25) is 0 Å². The Morgan fingerprint density at radius 3 is 2.70 bits per heavy atom. The third-order valence-corrected chi connectivity index (χ3v) is 5.82. The molecule has 0 aliphatic carbocycles. The van der Waals surface area contributed by atoms with E-state index in [9.17, 15) is 4.79 Å². The molecule has 0 saturated carbocycles. The fraction of sp³-hybridized carbons (Fsp3) is 0.333. The summed E-state index contributed by atoms with van der Waals surface area (Å²) in [4.78, 5) is 24.8. The van der Waals surface area contributed by atoms with Crippen LogP contribution in [-0.4, -0.2) is 50.2 Å². The summed E-state index contributed by atoms with van der Waals surface area (Å²) in [5, 5.41) is 9.02. The minimum absolute atomic E-state index is 0.0889. The van der Waals surface area contributed by atoms with E-state index in [0.717, 1.165) is 48.1 Å². The van der Waals surface area contributed by atoms with Crippen LogP contribution in [0.3, 0.4) is 0 Å². The van der Waals surface area contributed by atoms with E-state index in [-0.39, 0.29) is 5.56 Å². The Bertz CT molecular complexity index is 1220. The molecule has 0 unspecified atom stereocenters. The minimum atomic E-state index is -0.0889. The van der Waals surface area contributed by atoms with Gasteiger partial charge in [-0.25, -0.2) is 14.5 Å². The lowest BCUT2D eigenvalue weighted by atomic mass is 10.2. The first kappa shape index (κ1) is 16.4. The molecule has 5 rings (SSSR count). The van der Waals surface area contributed by atoms with Crippen molar-refractivity contribution in [3.8, 4) is 11.4 Å². The van der Waals surface area contributed by atoms with Gasteiger partial charge in [-0.2, -0.15) is 5.10 Å². The molecule has 8 nitrogen and oxygen atoms in total. The number of nitrogens with one attached hydrogen (secondary N) is 1. The third-order valence-electron chi connectivity index (χ3n) is 4.78. The molecule has 0 aromatic carbocycles. The fourth-order valence-corrected chi connectivity index (χ4v) is 4.47. The zero-order chi connectivity index (χ0) is 18.5. The molecule has 0 spiro atoms. The maximum Gasteiger partial charge on any atom is 0.259 e. The number of fused-ring (bicyclic) bond motifs is 2. The van der Waals surface area contributed by atoms with Crippen molar-refractivity contribution in [2.45, 2.75) is 13.8 Å². The molecule has 0 amide bonds. The highest BCUT2D eigenvalue weighted by molar-refractivity contribution is 7.20. The van der Waals surface area contributed by atoms with E-state index in [1.807, 2.05) is 32.3 Å². The monoisotopic (exact) mass is 381 g/mol. The van der Waals surface area contributed by atoms with Crippen LogP contribution in [0.1, 0.15) is 11.3 Å². The molecular weight excluding hydrogens is 362 g/mol. The number of anilines is 1. The zero-order valence-electron chi connectivity index (χ0n) is 15.1. The highest BCUT2D eigenvalue weighted by Crippen LogP contribution is 2.26. The Kier molecular flexibility index (Phi) is 3.73. The molecule has 138 valence electrons. The quantitative estimate of drug-likeness (QED) is 0.567. The van der Waals surface area contributed by atoms with E-state index in [2.05, 4.69) is 20.3 Å². The Balaban J connectivity index is 1.62. The summed E-state index contributed by atoms with van der Waals surface area (Å²) in [6.07, 6.45) is 3.77. The number of imidazole rings is 1. The second-order valence-corrected chi connectivity index (χ2v) is 7.79. The van der Waals surface area contributed by atoms with Gasteiger partial charge in [-0.15, -0.1) is 0 Å². The molecule has 9 heteroatoms. The van der Waals surface area contributed by atoms with Crippen LogP contribution in [0.5, 0.6) is 0 Å². The maximum atomic E-state index is 12.7. The van der Waals surface area contributed by atoms with Gasteiger partial charge in [0.05, 0.1) is 17.6 Å². The van der Waals surface area contributed by atoms with Crippen molar-refractivity contribution in [2.24, 2.45) is 0 Å². The first-order chi connectivity index (χ1) is 13.1. The highest BCUT2D eigenvalue weighted by atomic mass is 32.1. The molecule has 1 aliphatic heterocycles. The van der Waals surface area contributed by atoms with Crippen LogP contribution in [0, 0.1) is 13.8 Å². The number of piperazine rings is 1. The van der Waals surface area contributed by atoms with E-state index in [1.165, 1.54) is 0 Å². The van der Waals surface area contributed by atoms with Crippen molar-refractivity contribution >= 4 is 26.9 Å². The molecule has 1 saturated heterocycles. The van der Waals surface area contributed by atoms with Crippen LogP contribution in [0.2, 0.25) is 0 Å². The van der Waals surface area contributed by atoms with Crippen molar-refractivity contribution < 1.29 is 0 Å². The Morgan fingerprint density at radius 1 is 1.07 bits per heavy atom. The van der Waals surface area contributed by atoms with E-state index >= 15 is 0 Å². The summed E-state index contributed by atoms with van der Waals surface area (Å²) in [5.74, 6) is 0. The number of rotatable bonds is 2. The molecule has 1 aliphatic rings. The number of hydrogen-bond donors (Lipinski definition) is 1. The molecule has 0 radical (unpaired) electrons. The summed E-state index contributed by atoms with van der Waals surface area (Å²) in [6.45, 7) is 7.71. The van der Waals surface area contributed by atoms with Gasteiger partial charge < -0.3 is 10.2 Å². The van der Waals surface area contributed by atoms with Crippen LogP contribution in [-0.2, 0) is 0 Å². The van der Waals surface area contributed by atoms with Crippen LogP contribution < -0.4 is 15.8 Å². The van der Waals surface area contributed by atoms with E-state index < -0.39 is 0 Å². The first-order valence-corrected chi connectivity index (χ1v) is 9.73. The van der Waals surface area contributed by atoms with Gasteiger partial charge in [0.15, 0.2) is 10.6 Å². The van der Waals surface area contributed by atoms with Crippen molar-refractivity contribution in [3.05, 3.63) is 46.1 Å². The summed E-state index contributed by atoms with van der Waals surface area (Å²) >= 11 is 1.54. The van der Waals surface area contributed by atoms with Gasteiger partial charge in [0.25, 0.3) is 5.56 Å². The lowest BCUT2D eigenvalue weighted by molar-refractivity contribution is 0.591. The predicted octanol–water partition coefficient (Wildman–Crippen LogP) is 1.49. The highest BCUT2D eigenvalue weighted by Gasteiger charge is 2.16. The zero-order valence-corrected chi connectivity index (χ0v) is 16.0. The number of aryl methyl sites for hydroxylation is 2. The third kappa shape index (κ3) is 2.79. The average molecular weight is 381 g/mol. The number of aromatic nitrogens is 5. The lowest BCUT2D eigenvalue weighted by Gasteiger charge is -2.27. The first-order valence-electron chi connectivity index (χ1n) is 8.91. The van der Waals surface area contributed by atoms with Gasteiger partial charge in [0.1, 0.15) is 10.7 Å². The van der Waals surface area contributed by atoms with E-state index in [0.29, 0.717) is 16.3 Å². The number of hydrogen-bond acceptors (Lipinski definition) is 7. The summed E-state index contributed by atoms with van der Waals surface area (Å²) in [7, 11) is 0. The molecule has 0 atom stereocenters. The van der Waals surface area contributed by atoms with E-state index in [4.69, 9.17) is 4.98 Å². The Morgan fingerprint density at radius 2 is 1.89 bits per heavy atom. The van der Waals surface area contributed by atoms with Gasteiger partial charge in [0, 0.05) is 38.4 Å². The normalized spacial score (nSPS) is 15.1. The molecule has 4 aromatic rings. The van der Waals surface area contributed by atoms with E-state index in [1.54, 1.807) is 26.3 Å². The van der Waals surface area contributed by atoms with Crippen molar-refractivity contribution in [1.82, 2.24) is 29.3 Å². The molecule has 5 heterocycles. The van der Waals surface area contributed by atoms with Crippen LogP contribution >= 0.6 is 11.3 Å². The van der Waals surface area contributed by atoms with Gasteiger partial charge >= 0.3 is 0 Å². The fourth-order valence-electron chi connectivity index (χ4n) is 3.42. The topological polar surface area (TPSA) is 79.8 Å². The van der Waals surface area contributed by atoms with Gasteiger partial charge in [-0.3, -0.25) is 9.20 Å². The van der Waals surface area contributed by atoms with Crippen molar-refractivity contribution in [2.75, 3.05) is 31.1 Å². The molecule has 27 heavy (non-hydrogen) atoms. The summed E-state index contributed by atoms with van der Waals surface area (Å²) in [5.41, 5.74) is 3.91. The van der Waals surface area contributed by atoms with Crippen LogP contribution in [0.4, 0.5) is 5.00 Å². The van der Waals surface area contributed by atoms with Crippen molar-refractivity contribution in [1.29, 1.82) is 0 Å². The van der Waals surface area contributed by atoms with Gasteiger partial charge in [-0.1, -0.05) is 11.3 Å². The van der Waals surface area contributed by atoms with Gasteiger partial charge in [-0.05, 0) is 25.5 Å². The molecule has 1 fully saturated rings. The molecular formula is C18H19N7OS. The van der Waals surface area contributed by atoms with Crippen LogP contribution in [0.25, 0.3) is 22.0 Å². The lowest BCUT2D eigenvalue weighted by Crippen LogP contribution is -2.43. The Labute approximate surface area is 159 Å². The molecule has 1 N–H and O–H groups in total. The number of nitrogens with zero attached hydrogens (tertiary/aromatic N) is 6. The predicted molar refractivity (Wildman–Crippen MR) is 106 cm³/mol. The molecule has 4 aromatic heterocycles. The number of thiazole rings is 1. The average Bonchev–Trinajstić information content (AvgIpc) is 3.26. The van der Waals surface area contributed by atoms with Crippen LogP contribution in [0.15, 0.2) is 29.3 Å².